The van der Waals surface area contributed by atoms with Gasteiger partial charge >= 0.3 is 6.09 Å². The molecule has 0 N–H and O–H groups in total. The molecular formula is C12H23NO3. The van der Waals surface area contributed by atoms with Gasteiger partial charge in [0, 0.05) is 19.5 Å². The van der Waals surface area contributed by atoms with Crippen molar-refractivity contribution in [1.29, 1.82) is 0 Å². The monoisotopic (exact) mass is 229 g/mol. The lowest BCUT2D eigenvalue weighted by molar-refractivity contribution is -0.117. The standard InChI is InChI=1S/C12H23NO3/c1-9(7-8-10(2)14)13(6)11(15)16-12(3,4)5/h9H,7-8H2,1-6H3. The Hall–Kier alpha value is -1.06. The molecule has 0 aromatic rings. The van der Waals surface area contributed by atoms with Crippen LogP contribution < -0.4 is 0 Å². The molecule has 0 saturated carbocycles. The van der Waals surface area contributed by atoms with E-state index in [9.17, 15) is 9.59 Å². The first-order valence-corrected chi connectivity index (χ1v) is 5.58. The summed E-state index contributed by atoms with van der Waals surface area (Å²) >= 11 is 0. The molecule has 0 fully saturated rings. The van der Waals surface area contributed by atoms with Gasteiger partial charge in [0.25, 0.3) is 0 Å². The van der Waals surface area contributed by atoms with Crippen LogP contribution in [0.15, 0.2) is 0 Å². The highest BCUT2D eigenvalue weighted by molar-refractivity contribution is 5.75. The van der Waals surface area contributed by atoms with Gasteiger partial charge < -0.3 is 14.4 Å². The Balaban J connectivity index is 4.16. The van der Waals surface area contributed by atoms with Crippen molar-refractivity contribution < 1.29 is 14.3 Å². The van der Waals surface area contributed by atoms with Crippen LogP contribution >= 0.6 is 0 Å². The third kappa shape index (κ3) is 6.43. The highest BCUT2D eigenvalue weighted by Crippen LogP contribution is 2.12. The van der Waals surface area contributed by atoms with Gasteiger partial charge in [-0.05, 0) is 41.0 Å². The van der Waals surface area contributed by atoms with Gasteiger partial charge in [0.15, 0.2) is 0 Å². The van der Waals surface area contributed by atoms with E-state index in [1.54, 1.807) is 14.0 Å². The van der Waals surface area contributed by atoms with Gasteiger partial charge in [-0.2, -0.15) is 0 Å². The maximum Gasteiger partial charge on any atom is 0.410 e. The average Bonchev–Trinajstić information content (AvgIpc) is 2.10. The molecule has 0 aromatic carbocycles. The molecule has 4 heteroatoms. The van der Waals surface area contributed by atoms with E-state index in [0.717, 1.165) is 0 Å². The molecule has 0 rings (SSSR count). The SMILES string of the molecule is CC(=O)CCC(C)N(C)C(=O)OC(C)(C)C. The normalized spacial score (nSPS) is 13.1. The molecule has 94 valence electrons. The van der Waals surface area contributed by atoms with E-state index in [4.69, 9.17) is 4.74 Å². The summed E-state index contributed by atoms with van der Waals surface area (Å²) in [5, 5.41) is 0. The number of amides is 1. The van der Waals surface area contributed by atoms with Crippen LogP contribution in [0.1, 0.15) is 47.5 Å². The molecule has 1 atom stereocenters. The number of rotatable bonds is 4. The van der Waals surface area contributed by atoms with Crippen molar-refractivity contribution >= 4 is 11.9 Å². The predicted octanol–water partition coefficient (Wildman–Crippen LogP) is 2.61. The Bertz CT molecular complexity index is 255. The zero-order valence-electron chi connectivity index (χ0n) is 11.2. The molecule has 0 aliphatic carbocycles. The van der Waals surface area contributed by atoms with Crippen LogP contribution in [0.5, 0.6) is 0 Å². The van der Waals surface area contributed by atoms with Gasteiger partial charge in [0.2, 0.25) is 0 Å². The van der Waals surface area contributed by atoms with Crippen molar-refractivity contribution in [1.82, 2.24) is 4.90 Å². The van der Waals surface area contributed by atoms with E-state index in [1.807, 2.05) is 27.7 Å². The van der Waals surface area contributed by atoms with Gasteiger partial charge in [-0.1, -0.05) is 0 Å². The lowest BCUT2D eigenvalue weighted by Gasteiger charge is -2.28. The maximum absolute atomic E-state index is 11.7. The van der Waals surface area contributed by atoms with Crippen LogP contribution in [0.2, 0.25) is 0 Å². The molecule has 0 aromatic heterocycles. The summed E-state index contributed by atoms with van der Waals surface area (Å²) in [5.74, 6) is 0.143. The molecule has 0 saturated heterocycles. The zero-order valence-corrected chi connectivity index (χ0v) is 11.2. The van der Waals surface area contributed by atoms with Crippen LogP contribution in [-0.2, 0) is 9.53 Å². The number of Topliss-reactive ketones (excluding diaryl/α,β-unsaturated/α-hetero) is 1. The Morgan fingerprint density at radius 3 is 2.19 bits per heavy atom. The van der Waals surface area contributed by atoms with Gasteiger partial charge in [-0.3, -0.25) is 0 Å². The molecule has 0 heterocycles. The number of hydrogen-bond donors (Lipinski definition) is 0. The second-order valence-electron chi connectivity index (χ2n) is 5.18. The molecule has 16 heavy (non-hydrogen) atoms. The molecular weight excluding hydrogens is 206 g/mol. The van der Waals surface area contributed by atoms with Crippen LogP contribution in [0.3, 0.4) is 0 Å². The maximum atomic E-state index is 11.7. The molecule has 1 amide bonds. The average molecular weight is 229 g/mol. The van der Waals surface area contributed by atoms with Gasteiger partial charge in [-0.25, -0.2) is 4.79 Å². The predicted molar refractivity (Wildman–Crippen MR) is 63.4 cm³/mol. The van der Waals surface area contributed by atoms with Crippen LogP contribution in [-0.4, -0.2) is 35.5 Å². The van der Waals surface area contributed by atoms with Crippen molar-refractivity contribution in [3.63, 3.8) is 0 Å². The van der Waals surface area contributed by atoms with Gasteiger partial charge in [-0.15, -0.1) is 0 Å². The largest absolute Gasteiger partial charge is 0.444 e. The van der Waals surface area contributed by atoms with Crippen LogP contribution in [0, 0.1) is 0 Å². The topological polar surface area (TPSA) is 46.6 Å². The molecule has 4 nitrogen and oxygen atoms in total. The molecule has 0 aliphatic heterocycles. The number of ketones is 1. The third-order valence-electron chi connectivity index (χ3n) is 2.26. The number of nitrogens with zero attached hydrogens (tertiary/aromatic N) is 1. The second kappa shape index (κ2) is 5.87. The van der Waals surface area contributed by atoms with Crippen LogP contribution in [0.4, 0.5) is 4.79 Å². The van der Waals surface area contributed by atoms with Crippen LogP contribution in [0.25, 0.3) is 0 Å². The Morgan fingerprint density at radius 2 is 1.81 bits per heavy atom. The van der Waals surface area contributed by atoms with E-state index in [1.165, 1.54) is 4.90 Å². The van der Waals surface area contributed by atoms with E-state index in [2.05, 4.69) is 0 Å². The summed E-state index contributed by atoms with van der Waals surface area (Å²) in [6.07, 6.45) is 0.822. The first-order chi connectivity index (χ1) is 7.13. The summed E-state index contributed by atoms with van der Waals surface area (Å²) in [6, 6.07) is 0.0127. The van der Waals surface area contributed by atoms with Crippen molar-refractivity contribution in [3.05, 3.63) is 0 Å². The summed E-state index contributed by atoms with van der Waals surface area (Å²) in [7, 11) is 1.69. The van der Waals surface area contributed by atoms with Crippen molar-refractivity contribution in [2.24, 2.45) is 0 Å². The summed E-state index contributed by atoms with van der Waals surface area (Å²) < 4.78 is 5.23. The number of ether oxygens (including phenoxy) is 1. The molecule has 0 radical (unpaired) electrons. The summed E-state index contributed by atoms with van der Waals surface area (Å²) in [5.41, 5.74) is -0.481. The van der Waals surface area contributed by atoms with E-state index in [0.29, 0.717) is 12.8 Å². The minimum absolute atomic E-state index is 0.0127. The van der Waals surface area contributed by atoms with Gasteiger partial charge in [0.05, 0.1) is 0 Å². The molecule has 0 aliphatic rings. The first-order valence-electron chi connectivity index (χ1n) is 5.58. The molecule has 1 unspecified atom stereocenters. The lowest BCUT2D eigenvalue weighted by Crippen LogP contribution is -2.39. The van der Waals surface area contributed by atoms with Crippen molar-refractivity contribution in [2.75, 3.05) is 7.05 Å². The van der Waals surface area contributed by atoms with E-state index >= 15 is 0 Å². The van der Waals surface area contributed by atoms with Crippen molar-refractivity contribution in [3.8, 4) is 0 Å². The van der Waals surface area contributed by atoms with Gasteiger partial charge in [0.1, 0.15) is 11.4 Å². The minimum atomic E-state index is -0.481. The zero-order chi connectivity index (χ0) is 12.9. The first kappa shape index (κ1) is 14.9. The van der Waals surface area contributed by atoms with E-state index in [-0.39, 0.29) is 17.9 Å². The third-order valence-corrected chi connectivity index (χ3v) is 2.26. The highest BCUT2D eigenvalue weighted by atomic mass is 16.6. The second-order valence-corrected chi connectivity index (χ2v) is 5.18. The number of carbonyl (C=O) groups excluding carboxylic acids is 2. The minimum Gasteiger partial charge on any atom is -0.444 e. The fourth-order valence-corrected chi connectivity index (χ4v) is 1.12. The smallest absolute Gasteiger partial charge is 0.410 e. The Morgan fingerprint density at radius 1 is 1.31 bits per heavy atom. The lowest BCUT2D eigenvalue weighted by atomic mass is 10.1. The van der Waals surface area contributed by atoms with Crippen molar-refractivity contribution in [2.45, 2.75) is 59.1 Å². The van der Waals surface area contributed by atoms with E-state index < -0.39 is 5.60 Å². The summed E-state index contributed by atoms with van der Waals surface area (Å²) in [4.78, 5) is 24.0. The fraction of sp³-hybridized carbons (Fsp3) is 0.833. The molecule has 0 bridgehead atoms. The fourth-order valence-electron chi connectivity index (χ4n) is 1.12. The number of hydrogen-bond acceptors (Lipinski definition) is 3. The molecule has 0 spiro atoms. The Kier molecular flexibility index (Phi) is 5.48. The quantitative estimate of drug-likeness (QED) is 0.744. The number of carbonyl (C=O) groups is 2. The summed E-state index contributed by atoms with van der Waals surface area (Å²) in [6.45, 7) is 8.96. The highest BCUT2D eigenvalue weighted by Gasteiger charge is 2.22. The Labute approximate surface area is 98.0 Å².